The number of carbonyl (C=O) groups excluding carboxylic acids is 1. The van der Waals surface area contributed by atoms with Gasteiger partial charge in [-0.3, -0.25) is 4.79 Å². The number of ether oxygens (including phenoxy) is 1. The van der Waals surface area contributed by atoms with E-state index in [-0.39, 0.29) is 12.3 Å². The van der Waals surface area contributed by atoms with Gasteiger partial charge in [0.15, 0.2) is 0 Å². The smallest absolute Gasteiger partial charge is 0.221 e. The molecule has 0 unspecified atom stereocenters. The van der Waals surface area contributed by atoms with Gasteiger partial charge >= 0.3 is 0 Å². The molecule has 0 heterocycles. The Balaban J connectivity index is 1.93. The van der Waals surface area contributed by atoms with Crippen LogP contribution in [0.25, 0.3) is 0 Å². The number of carbonyl (C=O) groups is 1. The highest BCUT2D eigenvalue weighted by Crippen LogP contribution is 2.16. The first-order valence-corrected chi connectivity index (χ1v) is 7.00. The summed E-state index contributed by atoms with van der Waals surface area (Å²) in [4.78, 5) is 10.8. The summed E-state index contributed by atoms with van der Waals surface area (Å²) in [6.07, 6.45) is 0.274. The van der Waals surface area contributed by atoms with E-state index in [0.717, 1.165) is 29.1 Å². The first kappa shape index (κ1) is 14.9. The molecular weight excluding hydrogens is 264 g/mol. The number of nitrogens with two attached hydrogens (primary N) is 1. The van der Waals surface area contributed by atoms with Crippen LogP contribution in [-0.4, -0.2) is 12.5 Å². The maximum Gasteiger partial charge on any atom is 0.221 e. The van der Waals surface area contributed by atoms with Crippen LogP contribution < -0.4 is 15.8 Å². The highest BCUT2D eigenvalue weighted by Gasteiger charge is 2.00. The van der Waals surface area contributed by atoms with Crippen molar-refractivity contribution in [3.8, 4) is 5.75 Å². The van der Waals surface area contributed by atoms with Crippen molar-refractivity contribution in [2.75, 3.05) is 11.9 Å². The van der Waals surface area contributed by atoms with Gasteiger partial charge in [-0.1, -0.05) is 24.3 Å². The summed E-state index contributed by atoms with van der Waals surface area (Å²) in [5, 5.41) is 3.34. The monoisotopic (exact) mass is 284 g/mol. The molecule has 3 N–H and O–H groups in total. The lowest BCUT2D eigenvalue weighted by Crippen LogP contribution is -2.13. The number of benzene rings is 2. The fourth-order valence-electron chi connectivity index (χ4n) is 2.06. The molecule has 2 aromatic rings. The van der Waals surface area contributed by atoms with Crippen molar-refractivity contribution in [2.24, 2.45) is 5.73 Å². The number of hydrogen-bond donors (Lipinski definition) is 2. The average Bonchev–Trinajstić information content (AvgIpc) is 2.47. The van der Waals surface area contributed by atoms with Crippen molar-refractivity contribution in [3.63, 3.8) is 0 Å². The number of primary amides is 1. The highest BCUT2D eigenvalue weighted by molar-refractivity contribution is 5.76. The van der Waals surface area contributed by atoms with Crippen molar-refractivity contribution in [1.29, 1.82) is 0 Å². The van der Waals surface area contributed by atoms with Crippen molar-refractivity contribution in [3.05, 3.63) is 59.7 Å². The zero-order valence-electron chi connectivity index (χ0n) is 12.1. The third-order valence-corrected chi connectivity index (χ3v) is 3.04. The first-order chi connectivity index (χ1) is 10.2. The molecule has 0 aliphatic rings. The van der Waals surface area contributed by atoms with Gasteiger partial charge in [-0.25, -0.2) is 0 Å². The molecule has 1 amide bonds. The van der Waals surface area contributed by atoms with E-state index in [2.05, 4.69) is 11.4 Å². The lowest BCUT2D eigenvalue weighted by atomic mass is 10.1. The molecule has 0 fully saturated rings. The Labute approximate surface area is 124 Å². The molecular formula is C17H20N2O2. The normalized spacial score (nSPS) is 10.1. The molecule has 0 aliphatic carbocycles. The van der Waals surface area contributed by atoms with Crippen LogP contribution in [-0.2, 0) is 17.8 Å². The van der Waals surface area contributed by atoms with Crippen LogP contribution in [0.4, 0.5) is 5.69 Å². The van der Waals surface area contributed by atoms with Crippen molar-refractivity contribution < 1.29 is 9.53 Å². The van der Waals surface area contributed by atoms with E-state index in [1.54, 1.807) is 0 Å². The van der Waals surface area contributed by atoms with Crippen LogP contribution in [0.1, 0.15) is 18.1 Å². The van der Waals surface area contributed by atoms with Gasteiger partial charge in [0.2, 0.25) is 5.91 Å². The summed E-state index contributed by atoms with van der Waals surface area (Å²) >= 11 is 0. The Kier molecular flexibility index (Phi) is 5.21. The molecule has 0 aromatic heterocycles. The fraction of sp³-hybridized carbons (Fsp3) is 0.235. The minimum absolute atomic E-state index is 0.274. The maximum atomic E-state index is 10.8. The number of hydrogen-bond acceptors (Lipinski definition) is 3. The van der Waals surface area contributed by atoms with Gasteiger partial charge in [0.1, 0.15) is 5.75 Å². The van der Waals surface area contributed by atoms with Gasteiger partial charge < -0.3 is 15.8 Å². The zero-order valence-corrected chi connectivity index (χ0v) is 12.1. The van der Waals surface area contributed by atoms with Gasteiger partial charge in [-0.15, -0.1) is 0 Å². The summed E-state index contributed by atoms with van der Waals surface area (Å²) in [5.41, 5.74) is 8.25. The molecule has 0 atom stereocenters. The molecule has 0 aliphatic heterocycles. The van der Waals surface area contributed by atoms with Crippen molar-refractivity contribution in [1.82, 2.24) is 0 Å². The van der Waals surface area contributed by atoms with Gasteiger partial charge in [0.05, 0.1) is 13.0 Å². The van der Waals surface area contributed by atoms with E-state index in [1.165, 1.54) is 0 Å². The predicted molar refractivity (Wildman–Crippen MR) is 84.3 cm³/mol. The molecule has 2 rings (SSSR count). The van der Waals surface area contributed by atoms with Gasteiger partial charge in [-0.2, -0.15) is 0 Å². The number of anilines is 1. The number of amides is 1. The largest absolute Gasteiger partial charge is 0.494 e. The summed E-state index contributed by atoms with van der Waals surface area (Å²) in [6.45, 7) is 3.35. The Bertz CT molecular complexity index is 594. The molecule has 4 nitrogen and oxygen atoms in total. The second-order valence-corrected chi connectivity index (χ2v) is 4.77. The fourth-order valence-corrected chi connectivity index (χ4v) is 2.06. The molecule has 2 aromatic carbocycles. The van der Waals surface area contributed by atoms with Crippen molar-refractivity contribution in [2.45, 2.75) is 19.9 Å². The van der Waals surface area contributed by atoms with E-state index in [9.17, 15) is 4.79 Å². The molecule has 0 radical (unpaired) electrons. The van der Waals surface area contributed by atoms with E-state index >= 15 is 0 Å². The lowest BCUT2D eigenvalue weighted by molar-refractivity contribution is -0.117. The second kappa shape index (κ2) is 7.33. The molecule has 110 valence electrons. The third kappa shape index (κ3) is 4.84. The van der Waals surface area contributed by atoms with Crippen LogP contribution in [0.3, 0.4) is 0 Å². The van der Waals surface area contributed by atoms with Crippen LogP contribution >= 0.6 is 0 Å². The summed E-state index contributed by atoms with van der Waals surface area (Å²) < 4.78 is 5.48. The van der Waals surface area contributed by atoms with Crippen LogP contribution in [0.5, 0.6) is 5.75 Å². The summed E-state index contributed by atoms with van der Waals surface area (Å²) in [6, 6.07) is 15.7. The Hall–Kier alpha value is -2.49. The van der Waals surface area contributed by atoms with Gasteiger partial charge in [-0.05, 0) is 42.3 Å². The molecule has 0 saturated heterocycles. The Morgan fingerprint density at radius 3 is 2.57 bits per heavy atom. The predicted octanol–water partition coefficient (Wildman–Crippen LogP) is 2.73. The summed E-state index contributed by atoms with van der Waals surface area (Å²) in [7, 11) is 0. The number of rotatable bonds is 7. The third-order valence-electron chi connectivity index (χ3n) is 3.04. The van der Waals surface area contributed by atoms with Crippen LogP contribution in [0.2, 0.25) is 0 Å². The second-order valence-electron chi connectivity index (χ2n) is 4.77. The van der Waals surface area contributed by atoms with Crippen LogP contribution in [0.15, 0.2) is 48.5 Å². The maximum absolute atomic E-state index is 10.8. The molecule has 0 saturated carbocycles. The van der Waals surface area contributed by atoms with Gasteiger partial charge in [0.25, 0.3) is 0 Å². The quantitative estimate of drug-likeness (QED) is 0.821. The molecule has 0 bridgehead atoms. The van der Waals surface area contributed by atoms with E-state index < -0.39 is 0 Å². The minimum atomic E-state index is -0.316. The SMILES string of the molecule is CCOc1cccc(CNc2ccc(CC(N)=O)cc2)c1. The Morgan fingerprint density at radius 2 is 1.90 bits per heavy atom. The van der Waals surface area contributed by atoms with E-state index in [1.807, 2.05) is 49.4 Å². The van der Waals surface area contributed by atoms with E-state index in [0.29, 0.717) is 6.61 Å². The first-order valence-electron chi connectivity index (χ1n) is 7.00. The van der Waals surface area contributed by atoms with Crippen LogP contribution in [0, 0.1) is 0 Å². The van der Waals surface area contributed by atoms with E-state index in [4.69, 9.17) is 10.5 Å². The van der Waals surface area contributed by atoms with Gasteiger partial charge in [0, 0.05) is 12.2 Å². The topological polar surface area (TPSA) is 64.3 Å². The average molecular weight is 284 g/mol. The Morgan fingerprint density at radius 1 is 1.14 bits per heavy atom. The standard InChI is InChI=1S/C17H20N2O2/c1-2-21-16-5-3-4-14(10-16)12-19-15-8-6-13(7-9-15)11-17(18)20/h3-10,19H,2,11-12H2,1H3,(H2,18,20). The van der Waals surface area contributed by atoms with Crippen molar-refractivity contribution >= 4 is 11.6 Å². The molecule has 21 heavy (non-hydrogen) atoms. The lowest BCUT2D eigenvalue weighted by Gasteiger charge is -2.09. The molecule has 0 spiro atoms. The molecule has 4 heteroatoms. The zero-order chi connectivity index (χ0) is 15.1. The summed E-state index contributed by atoms with van der Waals surface area (Å²) in [5.74, 6) is 0.567. The number of nitrogens with one attached hydrogen (secondary N) is 1. The minimum Gasteiger partial charge on any atom is -0.494 e. The highest BCUT2D eigenvalue weighted by atomic mass is 16.5.